The summed E-state index contributed by atoms with van der Waals surface area (Å²) in [5, 5.41) is 0. The fraction of sp³-hybridized carbons (Fsp3) is 0.294. The molecule has 1 aromatic carbocycles. The quantitative estimate of drug-likeness (QED) is 0.708. The average Bonchev–Trinajstić information content (AvgIpc) is 2.86. The molecule has 2 aliphatic rings. The molecule has 8 nitrogen and oxygen atoms in total. The average molecular weight is 453 g/mol. The van der Waals surface area contributed by atoms with E-state index in [1.807, 2.05) is 18.2 Å². The molecule has 1 N–H and O–H groups in total. The molecule has 142 valence electrons. The Bertz CT molecular complexity index is 1150. The molecule has 3 heterocycles. The van der Waals surface area contributed by atoms with Crippen molar-refractivity contribution in [2.75, 3.05) is 21.7 Å². The van der Waals surface area contributed by atoms with Gasteiger partial charge in [0.25, 0.3) is 5.56 Å². The topological polar surface area (TPSA) is 95.5 Å². The maximum Gasteiger partial charge on any atom is 0.328 e. The number of aromatic nitrogens is 2. The van der Waals surface area contributed by atoms with E-state index in [1.165, 1.54) is 19.4 Å². The SMILES string of the molecule is O=c1[nH]c(=O)n(C/C=C\CN2c3cccc4c3N(CCC4)S2(=O)=O)cc1Br. The summed E-state index contributed by atoms with van der Waals surface area (Å²) in [6.07, 6.45) is 6.50. The van der Waals surface area contributed by atoms with Crippen LogP contribution in [0.4, 0.5) is 11.4 Å². The minimum atomic E-state index is -3.58. The standard InChI is InChI=1S/C17H17BrN4O4S/c18-13-11-20(17(24)19-16(13)23)8-1-2-9-21-14-7-3-5-12-6-4-10-22(15(12)14)27(21,25)26/h1-3,5,7,11H,4,6,8-10H2,(H,19,23,24)/b2-1-. The van der Waals surface area contributed by atoms with Gasteiger partial charge in [-0.2, -0.15) is 8.42 Å². The number of rotatable bonds is 4. The summed E-state index contributed by atoms with van der Waals surface area (Å²) in [5.74, 6) is 0. The van der Waals surface area contributed by atoms with E-state index in [2.05, 4.69) is 20.9 Å². The number of nitrogens with one attached hydrogen (secondary N) is 1. The highest BCUT2D eigenvalue weighted by atomic mass is 79.9. The zero-order chi connectivity index (χ0) is 19.2. The number of allylic oxidation sites excluding steroid dienone is 1. The van der Waals surface area contributed by atoms with Crippen molar-refractivity contribution in [3.63, 3.8) is 0 Å². The lowest BCUT2D eigenvalue weighted by Gasteiger charge is -2.24. The van der Waals surface area contributed by atoms with E-state index in [9.17, 15) is 18.0 Å². The number of aryl methyl sites for hydroxylation is 1. The van der Waals surface area contributed by atoms with Gasteiger partial charge in [0.2, 0.25) is 0 Å². The van der Waals surface area contributed by atoms with Crippen molar-refractivity contribution >= 4 is 37.5 Å². The predicted octanol–water partition coefficient (Wildman–Crippen LogP) is 1.37. The zero-order valence-electron chi connectivity index (χ0n) is 14.3. The first-order valence-corrected chi connectivity index (χ1v) is 10.6. The zero-order valence-corrected chi connectivity index (χ0v) is 16.7. The molecule has 2 aromatic rings. The van der Waals surface area contributed by atoms with Gasteiger partial charge < -0.3 is 0 Å². The largest absolute Gasteiger partial charge is 0.328 e. The van der Waals surface area contributed by atoms with E-state index in [1.54, 1.807) is 12.2 Å². The number of anilines is 2. The van der Waals surface area contributed by atoms with Crippen molar-refractivity contribution in [1.82, 2.24) is 9.55 Å². The fourth-order valence-corrected chi connectivity index (χ4v) is 5.49. The first-order chi connectivity index (χ1) is 12.9. The van der Waals surface area contributed by atoms with Crippen LogP contribution in [0.5, 0.6) is 0 Å². The minimum absolute atomic E-state index is 0.175. The molecule has 0 amide bonds. The molecule has 1 aromatic heterocycles. The maximum absolute atomic E-state index is 12.9. The number of nitrogens with zero attached hydrogens (tertiary/aromatic N) is 3. The van der Waals surface area contributed by atoms with Gasteiger partial charge in [-0.15, -0.1) is 0 Å². The third-order valence-electron chi connectivity index (χ3n) is 4.69. The number of aromatic amines is 1. The van der Waals surface area contributed by atoms with Crippen molar-refractivity contribution in [1.29, 1.82) is 0 Å². The summed E-state index contributed by atoms with van der Waals surface area (Å²) in [7, 11) is -3.58. The second kappa shape index (κ2) is 6.68. The lowest BCUT2D eigenvalue weighted by atomic mass is 10.0. The second-order valence-corrected chi connectivity index (χ2v) is 8.99. The van der Waals surface area contributed by atoms with E-state index < -0.39 is 21.5 Å². The molecule has 27 heavy (non-hydrogen) atoms. The van der Waals surface area contributed by atoms with Crippen LogP contribution in [-0.4, -0.2) is 31.1 Å². The van der Waals surface area contributed by atoms with Crippen molar-refractivity contribution in [2.45, 2.75) is 19.4 Å². The van der Waals surface area contributed by atoms with Gasteiger partial charge in [0.15, 0.2) is 0 Å². The Morgan fingerprint density at radius 1 is 1.19 bits per heavy atom. The summed E-state index contributed by atoms with van der Waals surface area (Å²) in [5.41, 5.74) is 1.53. The van der Waals surface area contributed by atoms with Gasteiger partial charge in [-0.3, -0.25) is 18.7 Å². The van der Waals surface area contributed by atoms with Crippen LogP contribution in [0.25, 0.3) is 0 Å². The smallest absolute Gasteiger partial charge is 0.296 e. The number of hydrogen-bond donors (Lipinski definition) is 1. The molecule has 0 spiro atoms. The Morgan fingerprint density at radius 3 is 2.78 bits per heavy atom. The lowest BCUT2D eigenvalue weighted by molar-refractivity contribution is 0.587. The summed E-state index contributed by atoms with van der Waals surface area (Å²) in [6, 6.07) is 5.67. The van der Waals surface area contributed by atoms with Crippen LogP contribution in [0, 0.1) is 0 Å². The van der Waals surface area contributed by atoms with Gasteiger partial charge >= 0.3 is 15.9 Å². The normalized spacial score (nSPS) is 17.5. The van der Waals surface area contributed by atoms with Crippen LogP contribution >= 0.6 is 15.9 Å². The van der Waals surface area contributed by atoms with Gasteiger partial charge in [0.05, 0.1) is 22.4 Å². The molecule has 0 radical (unpaired) electrons. The molecule has 0 saturated heterocycles. The van der Waals surface area contributed by atoms with E-state index in [0.717, 1.165) is 24.1 Å². The molecular formula is C17H17BrN4O4S. The monoisotopic (exact) mass is 452 g/mol. The number of halogens is 1. The molecular weight excluding hydrogens is 436 g/mol. The minimum Gasteiger partial charge on any atom is -0.296 e. The number of H-pyrrole nitrogens is 1. The van der Waals surface area contributed by atoms with Crippen molar-refractivity contribution in [3.8, 4) is 0 Å². The van der Waals surface area contributed by atoms with E-state index in [4.69, 9.17) is 0 Å². The van der Waals surface area contributed by atoms with Crippen molar-refractivity contribution in [3.05, 3.63) is 67.4 Å². The Hall–Kier alpha value is -2.33. The van der Waals surface area contributed by atoms with E-state index >= 15 is 0 Å². The molecule has 0 atom stereocenters. The molecule has 0 saturated carbocycles. The molecule has 4 rings (SSSR count). The summed E-state index contributed by atoms with van der Waals surface area (Å²) in [4.78, 5) is 25.3. The van der Waals surface area contributed by atoms with E-state index in [-0.39, 0.29) is 17.6 Å². The molecule has 0 unspecified atom stereocenters. The highest BCUT2D eigenvalue weighted by Crippen LogP contribution is 2.45. The third kappa shape index (κ3) is 3.02. The van der Waals surface area contributed by atoms with Gasteiger partial charge in [-0.1, -0.05) is 24.3 Å². The van der Waals surface area contributed by atoms with Crippen LogP contribution < -0.4 is 19.9 Å². The highest BCUT2D eigenvalue weighted by molar-refractivity contribution is 9.10. The summed E-state index contributed by atoms with van der Waals surface area (Å²) < 4.78 is 30.2. The highest BCUT2D eigenvalue weighted by Gasteiger charge is 2.42. The fourth-order valence-electron chi connectivity index (χ4n) is 3.44. The van der Waals surface area contributed by atoms with Crippen molar-refractivity contribution < 1.29 is 8.42 Å². The maximum atomic E-state index is 12.9. The number of hydrogen-bond acceptors (Lipinski definition) is 4. The van der Waals surface area contributed by atoms with Crippen LogP contribution in [-0.2, 0) is 23.2 Å². The summed E-state index contributed by atoms with van der Waals surface area (Å²) in [6.45, 7) is 0.890. The predicted molar refractivity (Wildman–Crippen MR) is 107 cm³/mol. The van der Waals surface area contributed by atoms with E-state index in [0.29, 0.717) is 12.2 Å². The Morgan fingerprint density at radius 2 is 1.96 bits per heavy atom. The second-order valence-electron chi connectivity index (χ2n) is 6.36. The first-order valence-electron chi connectivity index (χ1n) is 8.46. The Kier molecular flexibility index (Phi) is 4.47. The van der Waals surface area contributed by atoms with Crippen molar-refractivity contribution in [2.24, 2.45) is 0 Å². The third-order valence-corrected chi connectivity index (χ3v) is 7.08. The lowest BCUT2D eigenvalue weighted by Crippen LogP contribution is -2.39. The Balaban J connectivity index is 1.56. The first kappa shape index (κ1) is 18.1. The van der Waals surface area contributed by atoms with Crippen LogP contribution in [0.2, 0.25) is 0 Å². The van der Waals surface area contributed by atoms with Gasteiger partial charge in [-0.05, 0) is 40.4 Å². The van der Waals surface area contributed by atoms with Gasteiger partial charge in [0, 0.05) is 19.3 Å². The molecule has 2 aliphatic heterocycles. The molecule has 0 bridgehead atoms. The molecule has 0 fully saturated rings. The van der Waals surface area contributed by atoms with Crippen LogP contribution in [0.1, 0.15) is 12.0 Å². The Labute approximate surface area is 164 Å². The molecule has 10 heteroatoms. The van der Waals surface area contributed by atoms with Gasteiger partial charge in [-0.25, -0.2) is 9.10 Å². The van der Waals surface area contributed by atoms with Crippen LogP contribution in [0.3, 0.4) is 0 Å². The van der Waals surface area contributed by atoms with Crippen LogP contribution in [0.15, 0.2) is 50.6 Å². The summed E-state index contributed by atoms with van der Waals surface area (Å²) >= 11 is 3.08. The van der Waals surface area contributed by atoms with Gasteiger partial charge in [0.1, 0.15) is 0 Å². The molecule has 0 aliphatic carbocycles. The number of benzene rings is 1. The number of para-hydroxylation sites is 1.